The van der Waals surface area contributed by atoms with Gasteiger partial charge in [0.05, 0.1) is 17.8 Å². The quantitative estimate of drug-likeness (QED) is 0.864. The van der Waals surface area contributed by atoms with Crippen molar-refractivity contribution >= 4 is 35.1 Å². The third-order valence-electron chi connectivity index (χ3n) is 4.09. The molecular weight excluding hydrogens is 336 g/mol. The van der Waals surface area contributed by atoms with Crippen LogP contribution in [0.5, 0.6) is 5.75 Å². The van der Waals surface area contributed by atoms with E-state index in [0.29, 0.717) is 31.6 Å². The Hall–Kier alpha value is -2.28. The molecule has 130 valence electrons. The second kappa shape index (κ2) is 7.53. The first kappa shape index (κ1) is 18.1. The van der Waals surface area contributed by atoms with E-state index in [4.69, 9.17) is 21.4 Å². The molecule has 0 atom stereocenters. The predicted octanol–water partition coefficient (Wildman–Crippen LogP) is 2.24. The van der Waals surface area contributed by atoms with Gasteiger partial charge in [-0.15, -0.1) is 0 Å². The Morgan fingerprint density at radius 2 is 1.92 bits per heavy atom. The lowest BCUT2D eigenvalue weighted by molar-refractivity contribution is -0.132. The number of piperidine rings is 1. The summed E-state index contributed by atoms with van der Waals surface area (Å²) in [5.74, 6) is -1.46. The molecule has 24 heavy (non-hydrogen) atoms. The van der Waals surface area contributed by atoms with E-state index in [9.17, 15) is 14.4 Å². The fourth-order valence-electron chi connectivity index (χ4n) is 2.68. The lowest BCUT2D eigenvalue weighted by atomic mass is 9.95. The zero-order valence-corrected chi connectivity index (χ0v) is 14.2. The average Bonchev–Trinajstić information content (AvgIpc) is 2.56. The summed E-state index contributed by atoms with van der Waals surface area (Å²) >= 11 is 6.06. The van der Waals surface area contributed by atoms with Crippen LogP contribution in [0.4, 0.5) is 5.69 Å². The van der Waals surface area contributed by atoms with Crippen LogP contribution in [0.15, 0.2) is 12.1 Å². The molecule has 1 fully saturated rings. The molecule has 0 aromatic heterocycles. The maximum atomic E-state index is 12.4. The van der Waals surface area contributed by atoms with E-state index >= 15 is 0 Å². The van der Waals surface area contributed by atoms with Gasteiger partial charge in [-0.05, 0) is 18.9 Å². The summed E-state index contributed by atoms with van der Waals surface area (Å²) in [4.78, 5) is 36.5. The zero-order valence-electron chi connectivity index (χ0n) is 13.5. The number of nitrogens with zero attached hydrogens (tertiary/aromatic N) is 1. The van der Waals surface area contributed by atoms with Gasteiger partial charge in [-0.3, -0.25) is 9.59 Å². The number of carbonyl (C=O) groups is 3. The summed E-state index contributed by atoms with van der Waals surface area (Å²) in [5.41, 5.74) is 0.229. The Balaban J connectivity index is 2.09. The molecule has 0 unspecified atom stereocenters. The van der Waals surface area contributed by atoms with Crippen LogP contribution in [0.25, 0.3) is 0 Å². The van der Waals surface area contributed by atoms with E-state index in [0.717, 1.165) is 0 Å². The van der Waals surface area contributed by atoms with Crippen molar-refractivity contribution < 1.29 is 24.2 Å². The highest BCUT2D eigenvalue weighted by Crippen LogP contribution is 2.32. The van der Waals surface area contributed by atoms with E-state index in [1.165, 1.54) is 26.2 Å². The molecule has 0 bridgehead atoms. The maximum absolute atomic E-state index is 12.4. The SMILES string of the molecule is COc1cc(NC(=O)C2CCN(C(C)=O)CC2)c(Cl)cc1C(=O)O. The Morgan fingerprint density at radius 1 is 1.29 bits per heavy atom. The number of rotatable bonds is 4. The number of hydrogen-bond acceptors (Lipinski definition) is 4. The molecule has 0 radical (unpaired) electrons. The molecule has 0 saturated carbocycles. The summed E-state index contributed by atoms with van der Waals surface area (Å²) in [7, 11) is 1.35. The number of carboxylic acids is 1. The van der Waals surface area contributed by atoms with Crippen LogP contribution in [0, 0.1) is 5.92 Å². The topological polar surface area (TPSA) is 95.9 Å². The van der Waals surface area contributed by atoms with Crippen LogP contribution in [-0.4, -0.2) is 48.0 Å². The third-order valence-corrected chi connectivity index (χ3v) is 4.40. The minimum absolute atomic E-state index is 0.00546. The van der Waals surface area contributed by atoms with E-state index in [1.807, 2.05) is 0 Å². The molecule has 1 aliphatic rings. The van der Waals surface area contributed by atoms with Crippen LogP contribution in [0.2, 0.25) is 5.02 Å². The molecular formula is C16H19ClN2O5. The smallest absolute Gasteiger partial charge is 0.339 e. The molecule has 8 heteroatoms. The van der Waals surface area contributed by atoms with Crippen molar-refractivity contribution in [2.75, 3.05) is 25.5 Å². The number of hydrogen-bond donors (Lipinski definition) is 2. The number of methoxy groups -OCH3 is 1. The van der Waals surface area contributed by atoms with Crippen molar-refractivity contribution in [3.05, 3.63) is 22.7 Å². The molecule has 1 saturated heterocycles. The predicted molar refractivity (Wildman–Crippen MR) is 88.6 cm³/mol. The average molecular weight is 355 g/mol. The van der Waals surface area contributed by atoms with Crippen LogP contribution in [-0.2, 0) is 9.59 Å². The second-order valence-electron chi connectivity index (χ2n) is 5.61. The number of halogens is 1. The highest BCUT2D eigenvalue weighted by atomic mass is 35.5. The first-order valence-corrected chi connectivity index (χ1v) is 7.88. The fraction of sp³-hybridized carbons (Fsp3) is 0.438. The van der Waals surface area contributed by atoms with Crippen LogP contribution >= 0.6 is 11.6 Å². The molecule has 0 aliphatic carbocycles. The van der Waals surface area contributed by atoms with Crippen LogP contribution < -0.4 is 10.1 Å². The lowest BCUT2D eigenvalue weighted by Crippen LogP contribution is -2.40. The first-order chi connectivity index (χ1) is 11.3. The van der Waals surface area contributed by atoms with Gasteiger partial charge in [-0.1, -0.05) is 11.6 Å². The van der Waals surface area contributed by atoms with Gasteiger partial charge in [0.15, 0.2) is 0 Å². The number of anilines is 1. The molecule has 2 amide bonds. The number of carbonyl (C=O) groups excluding carboxylic acids is 2. The van der Waals surface area contributed by atoms with Crippen molar-refractivity contribution in [3.63, 3.8) is 0 Å². The number of ether oxygens (including phenoxy) is 1. The van der Waals surface area contributed by atoms with Gasteiger partial charge < -0.3 is 20.1 Å². The summed E-state index contributed by atoms with van der Waals surface area (Å²) in [6.07, 6.45) is 1.15. The molecule has 1 aromatic rings. The molecule has 2 N–H and O–H groups in total. The fourth-order valence-corrected chi connectivity index (χ4v) is 2.89. The minimum Gasteiger partial charge on any atom is -0.496 e. The number of nitrogens with one attached hydrogen (secondary N) is 1. The number of likely N-dealkylation sites (tertiary alicyclic amines) is 1. The van der Waals surface area contributed by atoms with Crippen LogP contribution in [0.3, 0.4) is 0 Å². The van der Waals surface area contributed by atoms with Gasteiger partial charge in [0.2, 0.25) is 11.8 Å². The minimum atomic E-state index is -1.16. The standard InChI is InChI=1S/C16H19ClN2O5/c1-9(20)19-5-3-10(4-6-19)15(21)18-13-8-14(24-2)11(16(22)23)7-12(13)17/h7-8,10H,3-6H2,1-2H3,(H,18,21)(H,22,23). The number of amides is 2. The largest absolute Gasteiger partial charge is 0.496 e. The third kappa shape index (κ3) is 3.97. The van der Waals surface area contributed by atoms with Crippen molar-refractivity contribution in [3.8, 4) is 5.75 Å². The van der Waals surface area contributed by atoms with Gasteiger partial charge in [0, 0.05) is 32.0 Å². The van der Waals surface area contributed by atoms with Crippen molar-refractivity contribution in [1.82, 2.24) is 4.90 Å². The number of aromatic carboxylic acids is 1. The monoisotopic (exact) mass is 354 g/mol. The van der Waals surface area contributed by atoms with Gasteiger partial charge in [-0.2, -0.15) is 0 Å². The second-order valence-corrected chi connectivity index (χ2v) is 6.01. The van der Waals surface area contributed by atoms with Gasteiger partial charge in [0.25, 0.3) is 0 Å². The maximum Gasteiger partial charge on any atom is 0.339 e. The van der Waals surface area contributed by atoms with Crippen molar-refractivity contribution in [1.29, 1.82) is 0 Å². The van der Waals surface area contributed by atoms with Gasteiger partial charge in [0.1, 0.15) is 11.3 Å². The van der Waals surface area contributed by atoms with Gasteiger partial charge in [-0.25, -0.2) is 4.79 Å². The Morgan fingerprint density at radius 3 is 2.42 bits per heavy atom. The first-order valence-electron chi connectivity index (χ1n) is 7.50. The number of benzene rings is 1. The zero-order chi connectivity index (χ0) is 17.9. The van der Waals surface area contributed by atoms with Gasteiger partial charge >= 0.3 is 5.97 Å². The summed E-state index contributed by atoms with van der Waals surface area (Å²) in [6, 6.07) is 2.64. The normalized spacial score (nSPS) is 15.0. The summed E-state index contributed by atoms with van der Waals surface area (Å²) in [5, 5.41) is 12.0. The molecule has 1 aromatic carbocycles. The summed E-state index contributed by atoms with van der Waals surface area (Å²) in [6.45, 7) is 2.60. The Labute approximate surface area is 144 Å². The van der Waals surface area contributed by atoms with E-state index in [1.54, 1.807) is 4.90 Å². The Bertz CT molecular complexity index is 669. The molecule has 1 heterocycles. The highest BCUT2D eigenvalue weighted by molar-refractivity contribution is 6.34. The Kier molecular flexibility index (Phi) is 5.66. The van der Waals surface area contributed by atoms with E-state index in [-0.39, 0.29) is 34.1 Å². The highest BCUT2D eigenvalue weighted by Gasteiger charge is 2.27. The molecule has 0 spiro atoms. The molecule has 1 aliphatic heterocycles. The lowest BCUT2D eigenvalue weighted by Gasteiger charge is -2.30. The summed E-state index contributed by atoms with van der Waals surface area (Å²) < 4.78 is 5.03. The van der Waals surface area contributed by atoms with Crippen LogP contribution in [0.1, 0.15) is 30.1 Å². The van der Waals surface area contributed by atoms with Crippen molar-refractivity contribution in [2.24, 2.45) is 5.92 Å². The number of carboxylic acid groups (broad SMARTS) is 1. The molecule has 7 nitrogen and oxygen atoms in total. The van der Waals surface area contributed by atoms with E-state index in [2.05, 4.69) is 5.32 Å². The molecule has 2 rings (SSSR count). The van der Waals surface area contributed by atoms with Crippen molar-refractivity contribution in [2.45, 2.75) is 19.8 Å². The van der Waals surface area contributed by atoms with E-state index < -0.39 is 5.97 Å².